The molecule has 5 nitrogen and oxygen atoms in total. The van der Waals surface area contributed by atoms with Crippen LogP contribution in [0.4, 0.5) is 5.69 Å². The van der Waals surface area contributed by atoms with Crippen molar-refractivity contribution in [2.45, 2.75) is 20.8 Å². The number of phenolic OH excluding ortho intramolecular Hbond substituents is 1. The lowest BCUT2D eigenvalue weighted by molar-refractivity contribution is 0.102. The van der Waals surface area contributed by atoms with Crippen LogP contribution in [0.1, 0.15) is 27.4 Å². The van der Waals surface area contributed by atoms with Crippen molar-refractivity contribution in [3.05, 3.63) is 47.0 Å². The highest BCUT2D eigenvalue weighted by atomic mass is 16.3. The van der Waals surface area contributed by atoms with Crippen LogP contribution < -0.4 is 5.32 Å². The minimum atomic E-state index is -0.331. The van der Waals surface area contributed by atoms with Gasteiger partial charge in [0.2, 0.25) is 0 Å². The zero-order valence-corrected chi connectivity index (χ0v) is 11.1. The summed E-state index contributed by atoms with van der Waals surface area (Å²) < 4.78 is 0. The molecule has 0 atom stereocenters. The molecule has 0 fully saturated rings. The van der Waals surface area contributed by atoms with Gasteiger partial charge in [-0.25, -0.2) is 9.97 Å². The third-order valence-corrected chi connectivity index (χ3v) is 2.83. The van der Waals surface area contributed by atoms with Gasteiger partial charge in [0.25, 0.3) is 5.91 Å². The molecule has 1 amide bonds. The molecule has 98 valence electrons. The summed E-state index contributed by atoms with van der Waals surface area (Å²) in [4.78, 5) is 20.3. The first kappa shape index (κ1) is 13.0. The van der Waals surface area contributed by atoms with E-state index in [9.17, 15) is 9.90 Å². The van der Waals surface area contributed by atoms with Gasteiger partial charge in [-0.1, -0.05) is 12.1 Å². The SMILES string of the molecule is Cc1ncc(C(=O)Nc2c(C)cccc2O)c(C)n1. The largest absolute Gasteiger partial charge is 0.506 e. The van der Waals surface area contributed by atoms with Gasteiger partial charge in [0.1, 0.15) is 11.6 Å². The predicted octanol–water partition coefficient (Wildman–Crippen LogP) is 2.36. The molecule has 0 radical (unpaired) electrons. The van der Waals surface area contributed by atoms with E-state index in [1.165, 1.54) is 12.3 Å². The fourth-order valence-corrected chi connectivity index (χ4v) is 1.80. The zero-order chi connectivity index (χ0) is 14.0. The minimum Gasteiger partial charge on any atom is -0.506 e. The lowest BCUT2D eigenvalue weighted by atomic mass is 10.1. The van der Waals surface area contributed by atoms with Crippen molar-refractivity contribution in [2.24, 2.45) is 0 Å². The van der Waals surface area contributed by atoms with Crippen molar-refractivity contribution in [1.29, 1.82) is 0 Å². The maximum Gasteiger partial charge on any atom is 0.259 e. The molecule has 1 aromatic carbocycles. The average Bonchev–Trinajstić information content (AvgIpc) is 2.33. The highest BCUT2D eigenvalue weighted by Gasteiger charge is 2.14. The second-order valence-electron chi connectivity index (χ2n) is 4.34. The number of nitrogens with zero attached hydrogens (tertiary/aromatic N) is 2. The number of rotatable bonds is 2. The number of para-hydroxylation sites is 1. The number of aryl methyl sites for hydroxylation is 3. The Kier molecular flexibility index (Phi) is 3.46. The summed E-state index contributed by atoms with van der Waals surface area (Å²) >= 11 is 0. The van der Waals surface area contributed by atoms with Crippen LogP contribution in [-0.4, -0.2) is 21.0 Å². The van der Waals surface area contributed by atoms with Crippen LogP contribution in [0.3, 0.4) is 0 Å². The fraction of sp³-hybridized carbons (Fsp3) is 0.214. The Morgan fingerprint density at radius 1 is 1.26 bits per heavy atom. The first-order valence-electron chi connectivity index (χ1n) is 5.89. The number of hydrogen-bond acceptors (Lipinski definition) is 4. The number of anilines is 1. The topological polar surface area (TPSA) is 75.1 Å². The molecule has 2 aromatic rings. The number of hydrogen-bond donors (Lipinski definition) is 2. The van der Waals surface area contributed by atoms with E-state index in [1.807, 2.05) is 13.0 Å². The molecule has 2 rings (SSSR count). The Labute approximate surface area is 111 Å². The number of nitrogens with one attached hydrogen (secondary N) is 1. The number of amides is 1. The van der Waals surface area contributed by atoms with Gasteiger partial charge in [-0.05, 0) is 32.4 Å². The Balaban J connectivity index is 2.31. The molecule has 1 heterocycles. The number of phenols is 1. The minimum absolute atomic E-state index is 0.0408. The van der Waals surface area contributed by atoms with Crippen LogP contribution in [0.2, 0.25) is 0 Å². The summed E-state index contributed by atoms with van der Waals surface area (Å²) in [6.45, 7) is 5.33. The summed E-state index contributed by atoms with van der Waals surface area (Å²) in [5, 5.41) is 12.4. The smallest absolute Gasteiger partial charge is 0.259 e. The maximum absolute atomic E-state index is 12.1. The average molecular weight is 257 g/mol. The van der Waals surface area contributed by atoms with Crippen LogP contribution in [-0.2, 0) is 0 Å². The Morgan fingerprint density at radius 2 is 2.00 bits per heavy atom. The van der Waals surface area contributed by atoms with E-state index in [0.717, 1.165) is 5.56 Å². The van der Waals surface area contributed by atoms with E-state index in [4.69, 9.17) is 0 Å². The predicted molar refractivity (Wildman–Crippen MR) is 72.3 cm³/mol. The summed E-state index contributed by atoms with van der Waals surface area (Å²) in [7, 11) is 0. The number of benzene rings is 1. The quantitative estimate of drug-likeness (QED) is 0.810. The van der Waals surface area contributed by atoms with Gasteiger partial charge >= 0.3 is 0 Å². The van der Waals surface area contributed by atoms with E-state index in [1.54, 1.807) is 19.9 Å². The van der Waals surface area contributed by atoms with Gasteiger partial charge in [0.05, 0.1) is 16.9 Å². The lowest BCUT2D eigenvalue weighted by Gasteiger charge is -2.11. The van der Waals surface area contributed by atoms with Crippen molar-refractivity contribution < 1.29 is 9.90 Å². The molecule has 0 bridgehead atoms. The van der Waals surface area contributed by atoms with E-state index < -0.39 is 0 Å². The van der Waals surface area contributed by atoms with E-state index in [2.05, 4.69) is 15.3 Å². The molecule has 19 heavy (non-hydrogen) atoms. The van der Waals surface area contributed by atoms with Crippen molar-refractivity contribution in [1.82, 2.24) is 9.97 Å². The summed E-state index contributed by atoms with van der Waals surface area (Å²) in [6, 6.07) is 5.06. The van der Waals surface area contributed by atoms with Crippen LogP contribution in [0.15, 0.2) is 24.4 Å². The van der Waals surface area contributed by atoms with Gasteiger partial charge in [0, 0.05) is 6.20 Å². The fourth-order valence-electron chi connectivity index (χ4n) is 1.80. The van der Waals surface area contributed by atoms with Crippen LogP contribution in [0.5, 0.6) is 5.75 Å². The molecular formula is C14H15N3O2. The molecule has 0 aliphatic carbocycles. The van der Waals surface area contributed by atoms with Crippen LogP contribution in [0, 0.1) is 20.8 Å². The Morgan fingerprint density at radius 3 is 2.63 bits per heavy atom. The second-order valence-corrected chi connectivity index (χ2v) is 4.34. The summed E-state index contributed by atoms with van der Waals surface area (Å²) in [5.74, 6) is 0.328. The second kappa shape index (κ2) is 5.06. The first-order valence-corrected chi connectivity index (χ1v) is 5.89. The highest BCUT2D eigenvalue weighted by Crippen LogP contribution is 2.27. The molecule has 0 unspecified atom stereocenters. The third-order valence-electron chi connectivity index (χ3n) is 2.83. The van der Waals surface area contributed by atoms with E-state index in [-0.39, 0.29) is 11.7 Å². The molecule has 0 aliphatic heterocycles. The standard InChI is InChI=1S/C14H15N3O2/c1-8-5-4-6-12(18)13(8)17-14(19)11-7-15-10(3)16-9(11)2/h4-7,18H,1-3H3,(H,17,19). The molecule has 1 aromatic heterocycles. The highest BCUT2D eigenvalue weighted by molar-refractivity contribution is 6.05. The molecule has 0 saturated carbocycles. The number of aromatic nitrogens is 2. The van der Waals surface area contributed by atoms with Crippen molar-refractivity contribution in [3.63, 3.8) is 0 Å². The lowest BCUT2D eigenvalue weighted by Crippen LogP contribution is -2.15. The van der Waals surface area contributed by atoms with Gasteiger partial charge in [-0.15, -0.1) is 0 Å². The van der Waals surface area contributed by atoms with Gasteiger partial charge in [0.15, 0.2) is 0 Å². The number of aromatic hydroxyl groups is 1. The Hall–Kier alpha value is -2.43. The molecular weight excluding hydrogens is 242 g/mol. The van der Waals surface area contributed by atoms with Crippen molar-refractivity contribution in [3.8, 4) is 5.75 Å². The summed E-state index contributed by atoms with van der Waals surface area (Å²) in [6.07, 6.45) is 1.49. The van der Waals surface area contributed by atoms with Crippen LogP contribution >= 0.6 is 0 Å². The third kappa shape index (κ3) is 2.70. The van der Waals surface area contributed by atoms with Crippen molar-refractivity contribution in [2.75, 3.05) is 5.32 Å². The molecule has 0 spiro atoms. The van der Waals surface area contributed by atoms with Gasteiger partial charge in [-0.2, -0.15) is 0 Å². The summed E-state index contributed by atoms with van der Waals surface area (Å²) in [5.41, 5.74) is 2.21. The normalized spacial score (nSPS) is 10.3. The zero-order valence-electron chi connectivity index (χ0n) is 11.1. The first-order chi connectivity index (χ1) is 8.99. The monoisotopic (exact) mass is 257 g/mol. The Bertz CT molecular complexity index is 618. The van der Waals surface area contributed by atoms with E-state index >= 15 is 0 Å². The molecule has 0 aliphatic rings. The molecule has 2 N–H and O–H groups in total. The van der Waals surface area contributed by atoms with Crippen LogP contribution in [0.25, 0.3) is 0 Å². The molecule has 0 saturated heterocycles. The van der Waals surface area contributed by atoms with Crippen molar-refractivity contribution >= 4 is 11.6 Å². The van der Waals surface area contributed by atoms with E-state index in [0.29, 0.717) is 22.8 Å². The molecule has 5 heteroatoms. The van der Waals surface area contributed by atoms with Gasteiger partial charge in [-0.3, -0.25) is 4.79 Å². The number of carbonyl (C=O) groups excluding carboxylic acids is 1. The maximum atomic E-state index is 12.1. The number of carbonyl (C=O) groups is 1. The van der Waals surface area contributed by atoms with Gasteiger partial charge < -0.3 is 10.4 Å².